The molecule has 0 saturated carbocycles. The maximum Gasteiger partial charge on any atom is 0.0969 e. The number of ether oxygens (including phenoxy) is 2. The minimum atomic E-state index is 0.0984. The van der Waals surface area contributed by atoms with E-state index in [1.54, 1.807) is 0 Å². The van der Waals surface area contributed by atoms with Crippen LogP contribution >= 0.6 is 0 Å². The van der Waals surface area contributed by atoms with E-state index in [1.165, 1.54) is 0 Å². The minimum absolute atomic E-state index is 0.0984. The molecule has 2 aliphatic rings. The number of hydrogen-bond acceptors (Lipinski definition) is 3. The van der Waals surface area contributed by atoms with Gasteiger partial charge in [-0.3, -0.25) is 0 Å². The average Bonchev–Trinajstić information content (AvgIpc) is 2.83. The Morgan fingerprint density at radius 1 is 1.58 bits per heavy atom. The molecule has 3 atom stereocenters. The second-order valence-electron chi connectivity index (χ2n) is 3.65. The second-order valence-corrected chi connectivity index (χ2v) is 3.65. The third-order valence-electron chi connectivity index (χ3n) is 2.62. The molecule has 0 bridgehead atoms. The topological polar surface area (TPSA) is 47.8 Å². The van der Waals surface area contributed by atoms with Gasteiger partial charge in [0.05, 0.1) is 24.4 Å². The molecule has 3 nitrogen and oxygen atoms in total. The molecule has 2 aliphatic heterocycles. The van der Waals surface area contributed by atoms with Gasteiger partial charge < -0.3 is 15.2 Å². The van der Waals surface area contributed by atoms with Crippen LogP contribution in [-0.2, 0) is 9.47 Å². The normalized spacial score (nSPS) is 46.1. The van der Waals surface area contributed by atoms with Crippen molar-refractivity contribution in [3.05, 3.63) is 12.7 Å². The van der Waals surface area contributed by atoms with Crippen molar-refractivity contribution in [1.82, 2.24) is 0 Å². The van der Waals surface area contributed by atoms with Crippen LogP contribution in [-0.4, -0.2) is 31.0 Å². The lowest BCUT2D eigenvalue weighted by Gasteiger charge is -2.31. The van der Waals surface area contributed by atoms with E-state index >= 15 is 0 Å². The zero-order chi connectivity index (χ0) is 8.60. The van der Waals surface area contributed by atoms with Gasteiger partial charge in [0.15, 0.2) is 0 Å². The highest BCUT2D eigenvalue weighted by Crippen LogP contribution is 2.41. The first-order chi connectivity index (χ1) is 5.78. The molecule has 0 aromatic heterocycles. The molecule has 2 saturated heterocycles. The first kappa shape index (κ1) is 8.23. The summed E-state index contributed by atoms with van der Waals surface area (Å²) in [4.78, 5) is 0. The molecule has 0 aliphatic carbocycles. The molecule has 0 aromatic rings. The van der Waals surface area contributed by atoms with Gasteiger partial charge in [0, 0.05) is 19.4 Å². The summed E-state index contributed by atoms with van der Waals surface area (Å²) in [5.74, 6) is 0. The molecule has 68 valence electrons. The predicted molar refractivity (Wildman–Crippen MR) is 45.8 cm³/mol. The van der Waals surface area contributed by atoms with Crippen molar-refractivity contribution in [2.24, 2.45) is 5.73 Å². The summed E-state index contributed by atoms with van der Waals surface area (Å²) in [6.07, 6.45) is 4.03. The highest BCUT2D eigenvalue weighted by Gasteiger charge is 2.50. The summed E-state index contributed by atoms with van der Waals surface area (Å²) in [6, 6.07) is 0. The van der Waals surface area contributed by atoms with Crippen LogP contribution in [0.5, 0.6) is 0 Å². The van der Waals surface area contributed by atoms with Gasteiger partial charge in [-0.25, -0.2) is 0 Å². The molecule has 0 unspecified atom stereocenters. The van der Waals surface area contributed by atoms with Gasteiger partial charge in [0.2, 0.25) is 0 Å². The molecule has 0 aromatic carbocycles. The third kappa shape index (κ3) is 1.40. The van der Waals surface area contributed by atoms with Gasteiger partial charge >= 0.3 is 0 Å². The smallest absolute Gasteiger partial charge is 0.0969 e. The summed E-state index contributed by atoms with van der Waals surface area (Å²) in [7, 11) is 0. The Morgan fingerprint density at radius 2 is 2.33 bits per heavy atom. The molecular formula is C9H15NO2. The Balaban J connectivity index is 2.00. The summed E-state index contributed by atoms with van der Waals surface area (Å²) >= 11 is 0. The maximum absolute atomic E-state index is 5.64. The number of nitrogens with two attached hydrogens (primary N) is 1. The van der Waals surface area contributed by atoms with E-state index < -0.39 is 0 Å². The Morgan fingerprint density at radius 3 is 2.83 bits per heavy atom. The molecule has 2 N–H and O–H groups in total. The Kier molecular flexibility index (Phi) is 1.94. The van der Waals surface area contributed by atoms with Gasteiger partial charge in [-0.2, -0.15) is 0 Å². The van der Waals surface area contributed by atoms with Crippen molar-refractivity contribution in [2.75, 3.05) is 13.2 Å². The molecule has 2 fully saturated rings. The fourth-order valence-electron chi connectivity index (χ4n) is 1.82. The van der Waals surface area contributed by atoms with Crippen molar-refractivity contribution in [1.29, 1.82) is 0 Å². The number of hydrogen-bond donors (Lipinski definition) is 1. The highest BCUT2D eigenvalue weighted by molar-refractivity contribution is 5.03. The number of rotatable bonds is 2. The van der Waals surface area contributed by atoms with Crippen LogP contribution in [0.4, 0.5) is 0 Å². The quantitative estimate of drug-likeness (QED) is 0.482. The Bertz CT molecular complexity index is 189. The van der Waals surface area contributed by atoms with Crippen LogP contribution in [0, 0.1) is 0 Å². The van der Waals surface area contributed by atoms with E-state index in [0.29, 0.717) is 6.54 Å². The summed E-state index contributed by atoms with van der Waals surface area (Å²) in [5, 5.41) is 0. The zero-order valence-corrected chi connectivity index (χ0v) is 7.16. The van der Waals surface area contributed by atoms with Crippen LogP contribution in [0.25, 0.3) is 0 Å². The number of epoxide rings is 1. The molecule has 1 spiro atoms. The van der Waals surface area contributed by atoms with Crippen LogP contribution in [0.1, 0.15) is 12.8 Å². The predicted octanol–water partition coefficient (Wildman–Crippen LogP) is 0.448. The van der Waals surface area contributed by atoms with Crippen LogP contribution < -0.4 is 5.73 Å². The molecule has 0 radical (unpaired) electrons. The largest absolute Gasteiger partial charge is 0.369 e. The van der Waals surface area contributed by atoms with Crippen molar-refractivity contribution < 1.29 is 9.47 Å². The lowest BCUT2D eigenvalue weighted by atomic mass is 9.92. The van der Waals surface area contributed by atoms with E-state index in [1.807, 2.05) is 6.08 Å². The average molecular weight is 169 g/mol. The Labute approximate surface area is 72.5 Å². The molecule has 12 heavy (non-hydrogen) atoms. The molecule has 2 rings (SSSR count). The standard InChI is InChI=1S/C9H15NO2/c1-2-7-3-9(6-11-9)4-8(5-10)12-7/h2,7-8H,1,3-6,10H2/t7-,8+,9-/m1/s1. The van der Waals surface area contributed by atoms with Crippen LogP contribution in [0.2, 0.25) is 0 Å². The third-order valence-corrected chi connectivity index (χ3v) is 2.62. The summed E-state index contributed by atoms with van der Waals surface area (Å²) in [5.41, 5.74) is 5.65. The van der Waals surface area contributed by atoms with Crippen molar-refractivity contribution in [2.45, 2.75) is 30.7 Å². The molecule has 3 heteroatoms. The first-order valence-corrected chi connectivity index (χ1v) is 4.40. The summed E-state index contributed by atoms with van der Waals surface area (Å²) < 4.78 is 11.1. The SMILES string of the molecule is C=C[C@@H]1C[C@]2(CO2)C[C@@H](CN)O1. The van der Waals surface area contributed by atoms with Gasteiger partial charge in [-0.15, -0.1) is 6.58 Å². The van der Waals surface area contributed by atoms with E-state index in [4.69, 9.17) is 15.2 Å². The minimum Gasteiger partial charge on any atom is -0.369 e. The van der Waals surface area contributed by atoms with Crippen molar-refractivity contribution in [3.63, 3.8) is 0 Å². The second kappa shape index (κ2) is 2.83. The Hall–Kier alpha value is -0.380. The fraction of sp³-hybridized carbons (Fsp3) is 0.778. The summed E-state index contributed by atoms with van der Waals surface area (Å²) in [6.45, 7) is 5.18. The highest BCUT2D eigenvalue weighted by atomic mass is 16.6. The van der Waals surface area contributed by atoms with Gasteiger partial charge in [-0.05, 0) is 0 Å². The molecule has 2 heterocycles. The van der Waals surface area contributed by atoms with Crippen molar-refractivity contribution >= 4 is 0 Å². The van der Waals surface area contributed by atoms with E-state index in [-0.39, 0.29) is 17.8 Å². The zero-order valence-electron chi connectivity index (χ0n) is 7.16. The van der Waals surface area contributed by atoms with Gasteiger partial charge in [-0.1, -0.05) is 6.08 Å². The lowest BCUT2D eigenvalue weighted by Crippen LogP contribution is -2.40. The van der Waals surface area contributed by atoms with Gasteiger partial charge in [0.1, 0.15) is 0 Å². The molecular weight excluding hydrogens is 154 g/mol. The van der Waals surface area contributed by atoms with Crippen LogP contribution in [0.15, 0.2) is 12.7 Å². The first-order valence-electron chi connectivity index (χ1n) is 4.40. The lowest BCUT2D eigenvalue weighted by molar-refractivity contribution is -0.0511. The van der Waals surface area contributed by atoms with Crippen LogP contribution in [0.3, 0.4) is 0 Å². The van der Waals surface area contributed by atoms with E-state index in [0.717, 1.165) is 19.4 Å². The fourth-order valence-corrected chi connectivity index (χ4v) is 1.82. The van der Waals surface area contributed by atoms with E-state index in [9.17, 15) is 0 Å². The monoisotopic (exact) mass is 169 g/mol. The van der Waals surface area contributed by atoms with Gasteiger partial charge in [0.25, 0.3) is 0 Å². The van der Waals surface area contributed by atoms with Crippen molar-refractivity contribution in [3.8, 4) is 0 Å². The maximum atomic E-state index is 5.64. The molecule has 0 amide bonds. The van der Waals surface area contributed by atoms with E-state index in [2.05, 4.69) is 6.58 Å².